The quantitative estimate of drug-likeness (QED) is 0.530. The van der Waals surface area contributed by atoms with Gasteiger partial charge in [0.15, 0.2) is 0 Å². The minimum absolute atomic E-state index is 0.0195. The lowest BCUT2D eigenvalue weighted by atomic mass is 9.79. The summed E-state index contributed by atoms with van der Waals surface area (Å²) >= 11 is 0.860. The average Bonchev–Trinajstić information content (AvgIpc) is 3.32. The van der Waals surface area contributed by atoms with Crippen LogP contribution in [0, 0.1) is 11.8 Å². The maximum atomic E-state index is 12.8. The number of aliphatic hydroxyl groups is 1. The van der Waals surface area contributed by atoms with Crippen LogP contribution in [0.4, 0.5) is 0 Å². The first kappa shape index (κ1) is 9.57. The van der Waals surface area contributed by atoms with Gasteiger partial charge in [0.05, 0.1) is 24.1 Å². The van der Waals surface area contributed by atoms with Crippen molar-refractivity contribution in [2.75, 3.05) is 20.5 Å². The molecule has 144 valence electrons. The lowest BCUT2D eigenvalue weighted by Crippen LogP contribution is -2.63. The van der Waals surface area contributed by atoms with Crippen molar-refractivity contribution in [1.82, 2.24) is 15.1 Å². The summed E-state index contributed by atoms with van der Waals surface area (Å²) in [7, 11) is 0. The number of rotatable bonds is 6. The number of likely N-dealkylation sites (N-methyl/N-ethyl adjacent to an activating group) is 1. The summed E-state index contributed by atoms with van der Waals surface area (Å²) in [4.78, 5) is 38.9. The van der Waals surface area contributed by atoms with Crippen molar-refractivity contribution in [3.8, 4) is 0 Å². The molecular formula is C17H25N3O5S. The maximum absolute atomic E-state index is 12.8. The molecule has 3 N–H and O–H groups in total. The highest BCUT2D eigenvalue weighted by Gasteiger charge is 2.60. The molecule has 3 rings (SSSR count). The first-order chi connectivity index (χ1) is 16.9. The summed E-state index contributed by atoms with van der Waals surface area (Å²) in [5.41, 5.74) is -0.425. The van der Waals surface area contributed by atoms with Crippen molar-refractivity contribution in [3.05, 3.63) is 10.6 Å². The van der Waals surface area contributed by atoms with Crippen molar-refractivity contribution in [3.63, 3.8) is 0 Å². The molecule has 0 unspecified atom stereocenters. The molecule has 0 bridgehead atoms. The third-order valence-corrected chi connectivity index (χ3v) is 6.28. The number of carbonyl (C=O) groups excluding carboxylic acids is 2. The first-order valence-corrected chi connectivity index (χ1v) is 8.85. The number of amides is 2. The smallest absolute Gasteiger partial charge is 0.353 e. The third-order valence-electron chi connectivity index (χ3n) is 4.89. The summed E-state index contributed by atoms with van der Waals surface area (Å²) in [6.07, 6.45) is -1.10. The minimum Gasteiger partial charge on any atom is -0.477 e. The van der Waals surface area contributed by atoms with Gasteiger partial charge in [0.2, 0.25) is 13.2 Å². The molecule has 3 aliphatic rings. The molecule has 0 saturated carbocycles. The molecule has 2 fully saturated rings. The Labute approximate surface area is 172 Å². The van der Waals surface area contributed by atoms with Gasteiger partial charge in [-0.2, -0.15) is 0 Å². The van der Waals surface area contributed by atoms with Gasteiger partial charge in [0.25, 0.3) is 1.43 Å². The number of aliphatic carboxylic acids is 1. The van der Waals surface area contributed by atoms with Crippen LogP contribution >= 0.6 is 11.8 Å². The highest BCUT2D eigenvalue weighted by atomic mass is 32.2. The van der Waals surface area contributed by atoms with Crippen LogP contribution in [-0.4, -0.2) is 83.2 Å². The van der Waals surface area contributed by atoms with Crippen molar-refractivity contribution < 1.29 is 36.9 Å². The highest BCUT2D eigenvalue weighted by molar-refractivity contribution is 8.03. The SMILES string of the molecule is [2H]OC(=O)C1=C(S[C@@H]2CN[C@H](C(=O)N(C([2H])([2H])[2H])C([2H])([2H])[2H])C2)[C@H](C([2H])([2H])[2H])[C@@H]2[C@@H]([C@@H](C)O[2H])C(=O)N12. The van der Waals surface area contributed by atoms with Crippen LogP contribution in [0.1, 0.15) is 32.5 Å². The Morgan fingerprint density at radius 2 is 2.31 bits per heavy atom. The Bertz CT molecular complexity index is 971. The third kappa shape index (κ3) is 2.91. The van der Waals surface area contributed by atoms with Gasteiger partial charge in [-0.15, -0.1) is 11.8 Å². The van der Waals surface area contributed by atoms with Crippen LogP contribution in [0.25, 0.3) is 1.43 Å². The molecule has 8 nitrogen and oxygen atoms in total. The molecule has 0 aliphatic carbocycles. The molecule has 2 amide bonds. The average molecular weight is 395 g/mol. The molecule has 0 radical (unpaired) electrons. The lowest BCUT2D eigenvalue weighted by Gasteiger charge is -2.46. The number of thioether (sulfide) groups is 1. The zero-order chi connectivity index (χ0) is 28.2. The molecule has 0 aromatic heterocycles. The van der Waals surface area contributed by atoms with Gasteiger partial charge in [0, 0.05) is 48.9 Å². The van der Waals surface area contributed by atoms with Gasteiger partial charge >= 0.3 is 5.97 Å². The largest absolute Gasteiger partial charge is 0.477 e. The number of aliphatic hydroxyl groups excluding tert-OH is 1. The summed E-state index contributed by atoms with van der Waals surface area (Å²) in [5, 5.41) is 10.7. The van der Waals surface area contributed by atoms with E-state index in [2.05, 4.69) is 15.5 Å². The molecule has 6 atom stereocenters. The molecular weight excluding hydrogens is 358 g/mol. The Morgan fingerprint density at radius 1 is 1.50 bits per heavy atom. The predicted octanol–water partition coefficient (Wildman–Crippen LogP) is -0.308. The maximum Gasteiger partial charge on any atom is 0.353 e. The van der Waals surface area contributed by atoms with E-state index in [9.17, 15) is 14.4 Å². The van der Waals surface area contributed by atoms with Gasteiger partial charge in [-0.1, -0.05) is 6.85 Å². The van der Waals surface area contributed by atoms with E-state index in [0.29, 0.717) is 0 Å². The van der Waals surface area contributed by atoms with Gasteiger partial charge in [-0.3, -0.25) is 9.59 Å². The number of nitrogens with zero attached hydrogens (tertiary/aromatic N) is 2. The van der Waals surface area contributed by atoms with Gasteiger partial charge in [-0.05, 0) is 13.3 Å². The van der Waals surface area contributed by atoms with Crippen molar-refractivity contribution in [1.29, 1.82) is 2.86 Å². The number of carboxylic acids is 1. The monoisotopic (exact) mass is 394 g/mol. The number of hydrogen-bond donors (Lipinski definition) is 3. The van der Waals surface area contributed by atoms with E-state index >= 15 is 0 Å². The van der Waals surface area contributed by atoms with Crippen LogP contribution in [-0.2, 0) is 14.4 Å². The van der Waals surface area contributed by atoms with Gasteiger partial charge < -0.3 is 25.3 Å². The van der Waals surface area contributed by atoms with Crippen LogP contribution in [0.2, 0.25) is 0 Å². The summed E-state index contributed by atoms with van der Waals surface area (Å²) in [6, 6.07) is -2.29. The Morgan fingerprint density at radius 3 is 2.96 bits per heavy atom. The van der Waals surface area contributed by atoms with Gasteiger partial charge in [0.1, 0.15) is 5.70 Å². The minimum atomic E-state index is -3.24. The number of hydrogen-bond acceptors (Lipinski definition) is 7. The van der Waals surface area contributed by atoms with Crippen LogP contribution in [0.15, 0.2) is 10.6 Å². The van der Waals surface area contributed by atoms with Crippen LogP contribution in [0.3, 0.4) is 0 Å². The van der Waals surface area contributed by atoms with E-state index < -0.39 is 79.6 Å². The number of fused-ring (bicyclic) bond motifs is 1. The Hall–Kier alpha value is -1.58. The van der Waals surface area contributed by atoms with E-state index in [0.717, 1.165) is 16.7 Å². The Balaban J connectivity index is 1.92. The summed E-state index contributed by atoms with van der Waals surface area (Å²) < 4.78 is 83.1. The molecule has 0 aromatic carbocycles. The fourth-order valence-corrected chi connectivity index (χ4v) is 5.10. The second-order valence-corrected chi connectivity index (χ2v) is 7.86. The lowest BCUT2D eigenvalue weighted by molar-refractivity contribution is -0.163. The van der Waals surface area contributed by atoms with E-state index in [4.69, 9.17) is 15.2 Å². The molecule has 9 heteroatoms. The zero-order valence-electron chi connectivity index (χ0n) is 24.7. The second kappa shape index (κ2) is 6.86. The topological polar surface area (TPSA) is 110 Å². The van der Waals surface area contributed by atoms with Crippen LogP contribution in [0.5, 0.6) is 0 Å². The van der Waals surface area contributed by atoms with E-state index in [1.165, 1.54) is 6.92 Å². The molecule has 2 saturated heterocycles. The fraction of sp³-hybridized carbons (Fsp3) is 0.706. The summed E-state index contributed by atoms with van der Waals surface area (Å²) in [5.74, 6) is -5.55. The van der Waals surface area contributed by atoms with E-state index in [1.54, 1.807) is 0 Å². The summed E-state index contributed by atoms with van der Waals surface area (Å²) in [6.45, 7) is -7.77. The van der Waals surface area contributed by atoms with Crippen LogP contribution < -0.4 is 5.32 Å². The highest BCUT2D eigenvalue weighted by Crippen LogP contribution is 2.51. The predicted molar refractivity (Wildman–Crippen MR) is 96.1 cm³/mol. The normalized spacial score (nSPS) is 42.0. The van der Waals surface area contributed by atoms with E-state index in [1.807, 2.05) is 0 Å². The van der Waals surface area contributed by atoms with Crippen molar-refractivity contribution in [2.24, 2.45) is 11.8 Å². The molecule has 3 aliphatic heterocycles. The van der Waals surface area contributed by atoms with Crippen molar-refractivity contribution in [2.45, 2.75) is 43.6 Å². The zero-order valence-corrected chi connectivity index (χ0v) is 14.5. The standard InChI is InChI=1S/C17H25N3O5S/c1-7-12-11(8(2)21)16(23)20(12)13(17(24)25)14(7)26-9-5-10(18-6-9)15(22)19(3)4/h7-12,18,21H,5-6H2,1-4H3,(H,24,25)/t7-,8-,9+,10+,11-,12-/m1/s1/i1D3,3D3,4D3,21D/hD. The number of β-lactam (4-membered cyclic amide) rings is 1. The number of nitrogens with one attached hydrogen (secondary N) is 1. The van der Waals surface area contributed by atoms with Crippen molar-refractivity contribution >= 4 is 29.5 Å². The number of carboxylic acid groups (broad SMARTS) is 1. The molecule has 0 aromatic rings. The number of carbonyl (C=O) groups is 3. The molecule has 3 heterocycles. The van der Waals surface area contributed by atoms with Gasteiger partial charge in [-0.25, -0.2) is 4.79 Å². The molecule has 0 spiro atoms. The first-order valence-electron chi connectivity index (χ1n) is 13.3. The molecule has 26 heavy (non-hydrogen) atoms. The fourth-order valence-electron chi connectivity index (χ4n) is 3.69. The Kier molecular flexibility index (Phi) is 2.52. The van der Waals surface area contributed by atoms with E-state index in [-0.39, 0.29) is 22.8 Å². The second-order valence-electron chi connectivity index (χ2n) is 6.52.